The van der Waals surface area contributed by atoms with Crippen LogP contribution in [0, 0.1) is 6.92 Å². The van der Waals surface area contributed by atoms with Gasteiger partial charge in [-0.25, -0.2) is 4.98 Å². The number of oxazole rings is 1. The number of benzene rings is 1. The molecular weight excluding hydrogens is 244 g/mol. The Kier molecular flexibility index (Phi) is 3.41. The molecule has 19 heavy (non-hydrogen) atoms. The monoisotopic (exact) mass is 260 g/mol. The second-order valence-electron chi connectivity index (χ2n) is 4.34. The lowest BCUT2D eigenvalue weighted by molar-refractivity contribution is 0.100. The standard InChI is InChI=1S/C13H16N4O2/c1-7-6-16-13(19-7)8(2)17-11-5-9(12(15)18)3-4-10(11)14/h3-6,8,17H,14H2,1-2H3,(H2,15,18). The fraction of sp³-hybridized carbons (Fsp3) is 0.231. The molecule has 1 amide bonds. The highest BCUT2D eigenvalue weighted by Crippen LogP contribution is 2.25. The van der Waals surface area contributed by atoms with Gasteiger partial charge in [0.2, 0.25) is 11.8 Å². The molecule has 6 nitrogen and oxygen atoms in total. The van der Waals surface area contributed by atoms with Crippen molar-refractivity contribution in [1.82, 2.24) is 4.98 Å². The van der Waals surface area contributed by atoms with Crippen LogP contribution in [-0.2, 0) is 0 Å². The Morgan fingerprint density at radius 2 is 2.21 bits per heavy atom. The molecule has 1 unspecified atom stereocenters. The molecule has 0 saturated carbocycles. The summed E-state index contributed by atoms with van der Waals surface area (Å²) < 4.78 is 5.43. The van der Waals surface area contributed by atoms with Crippen LogP contribution in [0.2, 0.25) is 0 Å². The number of aryl methyl sites for hydroxylation is 1. The second kappa shape index (κ2) is 5.01. The van der Waals surface area contributed by atoms with Gasteiger partial charge in [-0.15, -0.1) is 0 Å². The van der Waals surface area contributed by atoms with Crippen LogP contribution in [0.5, 0.6) is 0 Å². The van der Waals surface area contributed by atoms with Gasteiger partial charge in [-0.1, -0.05) is 0 Å². The third-order valence-electron chi connectivity index (χ3n) is 2.72. The first kappa shape index (κ1) is 12.9. The van der Waals surface area contributed by atoms with Crippen LogP contribution in [-0.4, -0.2) is 10.9 Å². The van der Waals surface area contributed by atoms with Crippen molar-refractivity contribution in [2.45, 2.75) is 19.9 Å². The minimum absolute atomic E-state index is 0.167. The van der Waals surface area contributed by atoms with Crippen LogP contribution in [0.25, 0.3) is 0 Å². The summed E-state index contributed by atoms with van der Waals surface area (Å²) in [4.78, 5) is 15.3. The number of hydrogen-bond acceptors (Lipinski definition) is 5. The van der Waals surface area contributed by atoms with Crippen molar-refractivity contribution in [3.05, 3.63) is 41.6 Å². The number of anilines is 2. The average Bonchev–Trinajstić information content (AvgIpc) is 2.78. The van der Waals surface area contributed by atoms with Gasteiger partial charge >= 0.3 is 0 Å². The number of nitrogens with two attached hydrogens (primary N) is 2. The van der Waals surface area contributed by atoms with Crippen LogP contribution < -0.4 is 16.8 Å². The molecule has 0 fully saturated rings. The molecule has 0 aliphatic carbocycles. The summed E-state index contributed by atoms with van der Waals surface area (Å²) in [5.74, 6) is 0.798. The minimum Gasteiger partial charge on any atom is -0.444 e. The van der Waals surface area contributed by atoms with Crippen molar-refractivity contribution in [1.29, 1.82) is 0 Å². The molecule has 0 saturated heterocycles. The number of amides is 1. The van der Waals surface area contributed by atoms with E-state index >= 15 is 0 Å². The van der Waals surface area contributed by atoms with Gasteiger partial charge in [0.15, 0.2) is 0 Å². The van der Waals surface area contributed by atoms with Crippen LogP contribution in [0.4, 0.5) is 11.4 Å². The van der Waals surface area contributed by atoms with Crippen molar-refractivity contribution < 1.29 is 9.21 Å². The first-order valence-electron chi connectivity index (χ1n) is 5.85. The Hall–Kier alpha value is -2.50. The Morgan fingerprint density at radius 1 is 1.47 bits per heavy atom. The lowest BCUT2D eigenvalue weighted by atomic mass is 10.1. The molecule has 6 heteroatoms. The zero-order chi connectivity index (χ0) is 14.0. The summed E-state index contributed by atoms with van der Waals surface area (Å²) in [5, 5.41) is 3.15. The van der Waals surface area contributed by atoms with E-state index in [0.29, 0.717) is 22.8 Å². The van der Waals surface area contributed by atoms with Crippen molar-refractivity contribution in [2.75, 3.05) is 11.1 Å². The van der Waals surface area contributed by atoms with Crippen molar-refractivity contribution in [3.63, 3.8) is 0 Å². The zero-order valence-corrected chi connectivity index (χ0v) is 10.8. The zero-order valence-electron chi connectivity index (χ0n) is 10.8. The quantitative estimate of drug-likeness (QED) is 0.727. The van der Waals surface area contributed by atoms with Crippen LogP contribution in [0.3, 0.4) is 0 Å². The molecule has 0 bridgehead atoms. The maximum absolute atomic E-state index is 11.1. The van der Waals surface area contributed by atoms with Gasteiger partial charge in [0.05, 0.1) is 17.6 Å². The molecule has 0 spiro atoms. The van der Waals surface area contributed by atoms with Gasteiger partial charge in [0, 0.05) is 5.56 Å². The fourth-order valence-electron chi connectivity index (χ4n) is 1.70. The number of primary amides is 1. The molecule has 2 aromatic rings. The predicted octanol–water partition coefficient (Wildman–Crippen LogP) is 1.84. The van der Waals surface area contributed by atoms with E-state index in [1.54, 1.807) is 24.4 Å². The van der Waals surface area contributed by atoms with E-state index in [4.69, 9.17) is 15.9 Å². The van der Waals surface area contributed by atoms with E-state index in [-0.39, 0.29) is 6.04 Å². The second-order valence-corrected chi connectivity index (χ2v) is 4.34. The lowest BCUT2D eigenvalue weighted by Crippen LogP contribution is -2.13. The van der Waals surface area contributed by atoms with E-state index in [2.05, 4.69) is 10.3 Å². The van der Waals surface area contributed by atoms with Gasteiger partial charge in [-0.2, -0.15) is 0 Å². The number of carbonyl (C=O) groups excluding carboxylic acids is 1. The fourth-order valence-corrected chi connectivity index (χ4v) is 1.70. The molecule has 2 rings (SSSR count). The Bertz CT molecular complexity index is 606. The number of nitrogens with one attached hydrogen (secondary N) is 1. The van der Waals surface area contributed by atoms with Gasteiger partial charge in [0.25, 0.3) is 0 Å². The van der Waals surface area contributed by atoms with Gasteiger partial charge in [0.1, 0.15) is 11.8 Å². The molecule has 0 aliphatic heterocycles. The SMILES string of the molecule is Cc1cnc(C(C)Nc2cc(C(N)=O)ccc2N)o1. The Balaban J connectivity index is 2.22. The lowest BCUT2D eigenvalue weighted by Gasteiger charge is -2.14. The predicted molar refractivity (Wildman–Crippen MR) is 72.7 cm³/mol. The largest absolute Gasteiger partial charge is 0.444 e. The molecule has 5 N–H and O–H groups in total. The molecule has 100 valence electrons. The molecule has 0 aliphatic rings. The maximum Gasteiger partial charge on any atom is 0.248 e. The first-order chi connectivity index (χ1) is 8.97. The van der Waals surface area contributed by atoms with E-state index in [1.807, 2.05) is 13.8 Å². The van der Waals surface area contributed by atoms with Crippen LogP contribution in [0.15, 0.2) is 28.8 Å². The topological polar surface area (TPSA) is 107 Å². The van der Waals surface area contributed by atoms with Crippen molar-refractivity contribution >= 4 is 17.3 Å². The number of nitrogens with zero attached hydrogens (tertiary/aromatic N) is 1. The van der Waals surface area contributed by atoms with E-state index in [1.165, 1.54) is 0 Å². The summed E-state index contributed by atoms with van der Waals surface area (Å²) >= 11 is 0. The summed E-state index contributed by atoms with van der Waals surface area (Å²) in [6.45, 7) is 3.72. The average molecular weight is 260 g/mol. The van der Waals surface area contributed by atoms with Gasteiger partial charge in [-0.3, -0.25) is 4.79 Å². The van der Waals surface area contributed by atoms with Crippen molar-refractivity contribution in [2.24, 2.45) is 5.73 Å². The maximum atomic E-state index is 11.1. The molecule has 1 aromatic heterocycles. The number of aromatic nitrogens is 1. The minimum atomic E-state index is -0.498. The van der Waals surface area contributed by atoms with Crippen molar-refractivity contribution in [3.8, 4) is 0 Å². The molecular formula is C13H16N4O2. The summed E-state index contributed by atoms with van der Waals surface area (Å²) in [6.07, 6.45) is 1.65. The summed E-state index contributed by atoms with van der Waals surface area (Å²) in [6, 6.07) is 4.67. The van der Waals surface area contributed by atoms with Gasteiger partial charge in [-0.05, 0) is 32.0 Å². The Labute approximate surface area is 110 Å². The molecule has 1 heterocycles. The van der Waals surface area contributed by atoms with Crippen LogP contribution in [0.1, 0.15) is 35.0 Å². The highest BCUT2D eigenvalue weighted by atomic mass is 16.4. The third kappa shape index (κ3) is 2.85. The number of hydrogen-bond donors (Lipinski definition) is 3. The van der Waals surface area contributed by atoms with Crippen LogP contribution >= 0.6 is 0 Å². The number of carbonyl (C=O) groups is 1. The summed E-state index contributed by atoms with van der Waals surface area (Å²) in [5.41, 5.74) is 12.6. The molecule has 1 aromatic carbocycles. The van der Waals surface area contributed by atoms with Gasteiger partial charge < -0.3 is 21.2 Å². The first-order valence-corrected chi connectivity index (χ1v) is 5.85. The number of rotatable bonds is 4. The highest BCUT2D eigenvalue weighted by molar-refractivity contribution is 5.94. The van der Waals surface area contributed by atoms with E-state index in [0.717, 1.165) is 5.76 Å². The Morgan fingerprint density at radius 3 is 2.79 bits per heavy atom. The third-order valence-corrected chi connectivity index (χ3v) is 2.72. The van der Waals surface area contributed by atoms with E-state index in [9.17, 15) is 4.79 Å². The highest BCUT2D eigenvalue weighted by Gasteiger charge is 2.13. The van der Waals surface area contributed by atoms with E-state index < -0.39 is 5.91 Å². The smallest absolute Gasteiger partial charge is 0.248 e. The normalized spacial score (nSPS) is 12.1. The molecule has 1 atom stereocenters. The molecule has 0 radical (unpaired) electrons. The number of nitrogen functional groups attached to an aromatic ring is 1. The summed E-state index contributed by atoms with van der Waals surface area (Å²) in [7, 11) is 0.